The molecule has 0 unspecified atom stereocenters. The van der Waals surface area contributed by atoms with E-state index in [0.29, 0.717) is 58.5 Å². The predicted molar refractivity (Wildman–Crippen MR) is 131 cm³/mol. The molecule has 0 amide bonds. The zero-order chi connectivity index (χ0) is 23.5. The van der Waals surface area contributed by atoms with Gasteiger partial charge in [0.2, 0.25) is 0 Å². The molecule has 0 saturated heterocycles. The van der Waals surface area contributed by atoms with Crippen molar-refractivity contribution in [3.05, 3.63) is 78.7 Å². The van der Waals surface area contributed by atoms with Crippen molar-refractivity contribution in [1.29, 1.82) is 0 Å². The third-order valence-corrected chi connectivity index (χ3v) is 7.82. The fourth-order valence-corrected chi connectivity index (χ4v) is 5.75. The van der Waals surface area contributed by atoms with E-state index in [-0.39, 0.29) is 18.3 Å². The average molecular weight is 506 g/mol. The predicted octanol–water partition coefficient (Wildman–Crippen LogP) is 6.00. The largest absolute Gasteiger partial charge is 0.460 e. The number of hydrogen-bond acceptors (Lipinski definition) is 6. The molecule has 0 fully saturated rings. The summed E-state index contributed by atoms with van der Waals surface area (Å²) >= 11 is 14.6. The molecule has 0 spiro atoms. The van der Waals surface area contributed by atoms with Gasteiger partial charge in [-0.2, -0.15) is 0 Å². The number of esters is 1. The van der Waals surface area contributed by atoms with Crippen LogP contribution < -0.4 is 5.32 Å². The number of allylic oxidation sites excluding steroid dienone is 3. The highest BCUT2D eigenvalue weighted by Crippen LogP contribution is 2.48. The molecule has 1 aliphatic heterocycles. The molecule has 1 aromatic carbocycles. The van der Waals surface area contributed by atoms with Crippen molar-refractivity contribution < 1.29 is 19.1 Å². The molecule has 33 heavy (non-hydrogen) atoms. The Morgan fingerprint density at radius 1 is 1.18 bits per heavy atom. The van der Waals surface area contributed by atoms with Crippen molar-refractivity contribution in [2.75, 3.05) is 19.8 Å². The molecule has 1 aliphatic carbocycles. The molecule has 4 rings (SSSR count). The van der Waals surface area contributed by atoms with Gasteiger partial charge in [0, 0.05) is 46.7 Å². The Bertz CT molecular complexity index is 1120. The summed E-state index contributed by atoms with van der Waals surface area (Å²) in [4.78, 5) is 27.9. The van der Waals surface area contributed by atoms with Gasteiger partial charge in [-0.1, -0.05) is 41.4 Å². The van der Waals surface area contributed by atoms with Crippen LogP contribution in [0.25, 0.3) is 0 Å². The number of hydrogen-bond donors (Lipinski definition) is 1. The van der Waals surface area contributed by atoms with Crippen molar-refractivity contribution >= 4 is 46.3 Å². The third kappa shape index (κ3) is 4.90. The van der Waals surface area contributed by atoms with Crippen LogP contribution in [0.1, 0.15) is 49.0 Å². The first-order valence-corrected chi connectivity index (χ1v) is 12.5. The number of halogens is 2. The van der Waals surface area contributed by atoms with Crippen LogP contribution in [-0.4, -0.2) is 31.6 Å². The highest BCUT2D eigenvalue weighted by Gasteiger charge is 2.42. The van der Waals surface area contributed by atoms with Crippen LogP contribution in [0.2, 0.25) is 10.0 Å². The Labute approximate surface area is 207 Å². The van der Waals surface area contributed by atoms with Crippen LogP contribution in [0.4, 0.5) is 0 Å². The molecule has 2 aromatic rings. The Balaban J connectivity index is 1.76. The van der Waals surface area contributed by atoms with E-state index in [1.165, 1.54) is 4.88 Å². The van der Waals surface area contributed by atoms with E-state index in [2.05, 4.69) is 11.4 Å². The second-order valence-electron chi connectivity index (χ2n) is 8.01. The fraction of sp³-hybridized carbons (Fsp3) is 0.360. The van der Waals surface area contributed by atoms with Gasteiger partial charge in [0.15, 0.2) is 5.78 Å². The number of thiophene rings is 1. The first-order chi connectivity index (χ1) is 15.9. The molecular weight excluding hydrogens is 481 g/mol. The minimum absolute atomic E-state index is 0.00434. The van der Waals surface area contributed by atoms with Crippen molar-refractivity contribution in [2.45, 2.75) is 38.5 Å². The minimum Gasteiger partial charge on any atom is -0.460 e. The maximum absolute atomic E-state index is 13.5. The smallest absolute Gasteiger partial charge is 0.336 e. The number of ether oxygens (including phenoxy) is 2. The van der Waals surface area contributed by atoms with Gasteiger partial charge in [-0.05, 0) is 43.3 Å². The Morgan fingerprint density at radius 2 is 2.00 bits per heavy atom. The Morgan fingerprint density at radius 3 is 2.73 bits per heavy atom. The van der Waals surface area contributed by atoms with Crippen LogP contribution in [0.3, 0.4) is 0 Å². The molecule has 1 aromatic heterocycles. The molecular formula is C25H25Cl2NO4S. The lowest BCUT2D eigenvalue weighted by Crippen LogP contribution is -2.36. The molecule has 0 saturated carbocycles. The minimum atomic E-state index is -0.649. The second-order valence-corrected chi connectivity index (χ2v) is 9.77. The van der Waals surface area contributed by atoms with Crippen LogP contribution in [0, 0.1) is 0 Å². The van der Waals surface area contributed by atoms with Gasteiger partial charge < -0.3 is 14.8 Å². The van der Waals surface area contributed by atoms with E-state index in [4.69, 9.17) is 32.7 Å². The monoisotopic (exact) mass is 505 g/mol. The highest BCUT2D eigenvalue weighted by molar-refractivity contribution is 7.10. The Hall–Kier alpha value is -2.12. The molecule has 174 valence electrons. The van der Waals surface area contributed by atoms with E-state index in [1.54, 1.807) is 23.5 Å². The lowest BCUT2D eigenvalue weighted by Gasteiger charge is -2.36. The number of Topliss-reactive ketones (excluding diaryl/α,β-unsaturated/α-hetero) is 1. The third-order valence-electron chi connectivity index (χ3n) is 5.95. The van der Waals surface area contributed by atoms with Crippen molar-refractivity contribution in [2.24, 2.45) is 0 Å². The summed E-state index contributed by atoms with van der Waals surface area (Å²) in [6, 6.07) is 9.34. The summed E-state index contributed by atoms with van der Waals surface area (Å²) in [6.07, 6.45) is 1.06. The van der Waals surface area contributed by atoms with Gasteiger partial charge in [-0.25, -0.2) is 4.79 Å². The summed E-state index contributed by atoms with van der Waals surface area (Å²) in [5, 5.41) is 6.07. The summed E-state index contributed by atoms with van der Waals surface area (Å²) in [6.45, 7) is 4.67. The maximum Gasteiger partial charge on any atom is 0.336 e. The SMILES string of the molecule is CCOCCOC(=O)C1=C(C)NC2=C(C(=O)C[C@@H](c3cccs3)C2)[C@H]1c1cccc(Cl)c1Cl. The van der Waals surface area contributed by atoms with Crippen LogP contribution >= 0.6 is 34.5 Å². The van der Waals surface area contributed by atoms with Gasteiger partial charge in [0.25, 0.3) is 0 Å². The fourth-order valence-electron chi connectivity index (χ4n) is 4.50. The zero-order valence-electron chi connectivity index (χ0n) is 18.5. The number of ketones is 1. The van der Waals surface area contributed by atoms with E-state index in [9.17, 15) is 9.59 Å². The molecule has 0 bridgehead atoms. The number of carbonyl (C=O) groups is 2. The average Bonchev–Trinajstić information content (AvgIpc) is 3.32. The van der Waals surface area contributed by atoms with Crippen LogP contribution in [0.5, 0.6) is 0 Å². The number of benzene rings is 1. The summed E-state index contributed by atoms with van der Waals surface area (Å²) in [5.41, 5.74) is 3.04. The molecule has 2 heterocycles. The molecule has 2 aliphatic rings. The number of rotatable bonds is 7. The summed E-state index contributed by atoms with van der Waals surface area (Å²) in [7, 11) is 0. The van der Waals surface area contributed by atoms with Crippen molar-refractivity contribution in [1.82, 2.24) is 5.32 Å². The number of carbonyl (C=O) groups excluding carboxylic acids is 2. The highest BCUT2D eigenvalue weighted by atomic mass is 35.5. The van der Waals surface area contributed by atoms with Gasteiger partial charge in [-0.3, -0.25) is 4.79 Å². The summed E-state index contributed by atoms with van der Waals surface area (Å²) < 4.78 is 10.8. The number of nitrogens with one attached hydrogen (secondary N) is 1. The van der Waals surface area contributed by atoms with Gasteiger partial charge in [-0.15, -0.1) is 11.3 Å². The molecule has 8 heteroatoms. The molecule has 5 nitrogen and oxygen atoms in total. The first-order valence-electron chi connectivity index (χ1n) is 10.9. The normalized spacial score (nSPS) is 20.5. The first kappa shape index (κ1) is 24.0. The van der Waals surface area contributed by atoms with Gasteiger partial charge >= 0.3 is 5.97 Å². The lowest BCUT2D eigenvalue weighted by molar-refractivity contribution is -0.140. The number of dihydropyridines is 1. The zero-order valence-corrected chi connectivity index (χ0v) is 20.8. The topological polar surface area (TPSA) is 64.6 Å². The molecule has 1 N–H and O–H groups in total. The molecule has 2 atom stereocenters. The van der Waals surface area contributed by atoms with Crippen molar-refractivity contribution in [3.8, 4) is 0 Å². The van der Waals surface area contributed by atoms with Gasteiger partial charge in [0.05, 0.1) is 22.2 Å². The second kappa shape index (κ2) is 10.4. The van der Waals surface area contributed by atoms with E-state index in [0.717, 1.165) is 5.70 Å². The Kier molecular flexibility index (Phi) is 7.59. The maximum atomic E-state index is 13.5. The lowest BCUT2D eigenvalue weighted by atomic mass is 9.72. The van der Waals surface area contributed by atoms with Crippen molar-refractivity contribution in [3.63, 3.8) is 0 Å². The summed E-state index contributed by atoms with van der Waals surface area (Å²) in [5.74, 6) is -1.05. The van der Waals surface area contributed by atoms with E-state index < -0.39 is 11.9 Å². The van der Waals surface area contributed by atoms with E-state index in [1.807, 2.05) is 31.4 Å². The van der Waals surface area contributed by atoms with Gasteiger partial charge in [0.1, 0.15) is 6.61 Å². The molecule has 0 radical (unpaired) electrons. The van der Waals surface area contributed by atoms with Crippen LogP contribution in [-0.2, 0) is 19.1 Å². The van der Waals surface area contributed by atoms with Crippen LogP contribution in [0.15, 0.2) is 58.3 Å². The standard InChI is InChI=1S/C25H25Cl2NO4S/c1-3-31-9-10-32-25(30)21-14(2)28-18-12-15(20-8-5-11-33-20)13-19(29)23(18)22(21)16-6-4-7-17(26)24(16)27/h4-8,11,15,22,28H,3,9-10,12-13H2,1-2H3/t15-,22-/m0/s1. The quantitative estimate of drug-likeness (QED) is 0.369. The van der Waals surface area contributed by atoms with E-state index >= 15 is 0 Å².